The van der Waals surface area contributed by atoms with E-state index >= 15 is 0 Å². The highest BCUT2D eigenvalue weighted by Crippen LogP contribution is 2.20. The molecule has 3 N–H and O–H groups in total. The van der Waals surface area contributed by atoms with Crippen LogP contribution in [0.4, 0.5) is 0 Å². The normalized spacial score (nSPS) is 13.7. The van der Waals surface area contributed by atoms with Crippen molar-refractivity contribution in [3.05, 3.63) is 29.8 Å². The van der Waals surface area contributed by atoms with Gasteiger partial charge in [-0.15, -0.1) is 0 Å². The Morgan fingerprint density at radius 2 is 1.85 bits per heavy atom. The summed E-state index contributed by atoms with van der Waals surface area (Å²) in [5, 5.41) is 21.0. The molecule has 0 aliphatic heterocycles. The number of aliphatic hydroxyl groups is 2. The number of hydrogen-bond acceptors (Lipinski definition) is 5. The highest BCUT2D eigenvalue weighted by molar-refractivity contribution is 7.89. The van der Waals surface area contributed by atoms with E-state index in [4.69, 9.17) is 10.2 Å². The lowest BCUT2D eigenvalue weighted by molar-refractivity contribution is 0.217. The topological polar surface area (TPSA) is 89.9 Å². The Kier molecular flexibility index (Phi) is 6.57. The van der Waals surface area contributed by atoms with E-state index in [1.165, 1.54) is 6.07 Å². The van der Waals surface area contributed by atoms with Gasteiger partial charge in [0.05, 0.1) is 18.1 Å². The maximum absolute atomic E-state index is 12.5. The molecule has 0 amide bonds. The Labute approximate surface area is 120 Å². The molecule has 0 saturated heterocycles. The van der Waals surface area contributed by atoms with Gasteiger partial charge < -0.3 is 15.5 Å². The van der Waals surface area contributed by atoms with Crippen LogP contribution in [-0.4, -0.2) is 56.3 Å². The van der Waals surface area contributed by atoms with E-state index in [9.17, 15) is 8.42 Å². The van der Waals surface area contributed by atoms with Crippen molar-refractivity contribution in [2.45, 2.75) is 17.9 Å². The van der Waals surface area contributed by atoms with Crippen LogP contribution < -0.4 is 5.32 Å². The summed E-state index contributed by atoms with van der Waals surface area (Å²) in [6.45, 7) is 1.30. The van der Waals surface area contributed by atoms with E-state index < -0.39 is 10.0 Å². The highest BCUT2D eigenvalue weighted by Gasteiger charge is 2.24. The molecule has 1 rings (SSSR count). The van der Waals surface area contributed by atoms with Gasteiger partial charge in [-0.2, -0.15) is 4.31 Å². The molecule has 0 bridgehead atoms. The summed E-state index contributed by atoms with van der Waals surface area (Å²) in [5.41, 5.74) is 0.863. The first-order valence-electron chi connectivity index (χ1n) is 6.46. The Bertz CT molecular complexity index is 513. The maximum atomic E-state index is 12.5. The molecule has 20 heavy (non-hydrogen) atoms. The van der Waals surface area contributed by atoms with E-state index in [2.05, 4.69) is 5.32 Å². The van der Waals surface area contributed by atoms with Crippen LogP contribution in [0.25, 0.3) is 0 Å². The molecular weight excluding hydrogens is 280 g/mol. The summed E-state index contributed by atoms with van der Waals surface area (Å²) < 4.78 is 26.0. The minimum atomic E-state index is -3.70. The van der Waals surface area contributed by atoms with Gasteiger partial charge in [0, 0.05) is 19.1 Å². The lowest BCUT2D eigenvalue weighted by Gasteiger charge is -2.21. The molecule has 6 nitrogen and oxygen atoms in total. The zero-order chi connectivity index (χ0) is 15.2. The number of rotatable bonds is 8. The van der Waals surface area contributed by atoms with Crippen LogP contribution in [0, 0.1) is 0 Å². The summed E-state index contributed by atoms with van der Waals surface area (Å²) in [4.78, 5) is 0.166. The van der Waals surface area contributed by atoms with E-state index in [0.717, 1.165) is 9.87 Å². The van der Waals surface area contributed by atoms with Crippen LogP contribution in [0.1, 0.15) is 18.5 Å². The van der Waals surface area contributed by atoms with Crippen LogP contribution in [0.15, 0.2) is 29.2 Å². The Morgan fingerprint density at radius 1 is 1.25 bits per heavy atom. The maximum Gasteiger partial charge on any atom is 0.243 e. The monoisotopic (exact) mass is 302 g/mol. The molecule has 0 saturated carbocycles. The van der Waals surface area contributed by atoms with Crippen molar-refractivity contribution in [3.8, 4) is 0 Å². The molecule has 7 heteroatoms. The van der Waals surface area contributed by atoms with E-state index in [1.807, 2.05) is 13.0 Å². The molecule has 1 atom stereocenters. The summed E-state index contributed by atoms with van der Waals surface area (Å²) >= 11 is 0. The van der Waals surface area contributed by atoms with Crippen molar-refractivity contribution < 1.29 is 18.6 Å². The number of benzene rings is 1. The van der Waals surface area contributed by atoms with Crippen molar-refractivity contribution >= 4 is 10.0 Å². The van der Waals surface area contributed by atoms with Gasteiger partial charge in [0.25, 0.3) is 0 Å². The molecule has 0 aliphatic rings. The summed E-state index contributed by atoms with van der Waals surface area (Å²) in [5.74, 6) is 0. The van der Waals surface area contributed by atoms with Crippen molar-refractivity contribution in [2.75, 3.05) is 33.4 Å². The second kappa shape index (κ2) is 7.70. The summed E-state index contributed by atoms with van der Waals surface area (Å²) in [6, 6.07) is 6.70. The zero-order valence-electron chi connectivity index (χ0n) is 11.8. The largest absolute Gasteiger partial charge is 0.395 e. The molecule has 0 radical (unpaired) electrons. The van der Waals surface area contributed by atoms with Gasteiger partial charge in [0.1, 0.15) is 0 Å². The van der Waals surface area contributed by atoms with Gasteiger partial charge in [0.2, 0.25) is 10.0 Å². The predicted molar refractivity (Wildman–Crippen MR) is 76.8 cm³/mol. The fraction of sp³-hybridized carbons (Fsp3) is 0.538. The number of hydrogen-bond donors (Lipinski definition) is 3. The van der Waals surface area contributed by atoms with Gasteiger partial charge in [0.15, 0.2) is 0 Å². The van der Waals surface area contributed by atoms with E-state index in [0.29, 0.717) is 0 Å². The lowest BCUT2D eigenvalue weighted by Crippen LogP contribution is -2.36. The molecule has 1 aromatic carbocycles. The molecule has 0 aromatic heterocycles. The second-order valence-corrected chi connectivity index (χ2v) is 6.37. The Balaban J connectivity index is 3.13. The van der Waals surface area contributed by atoms with Crippen LogP contribution in [0.5, 0.6) is 0 Å². The number of sulfonamides is 1. The first-order valence-corrected chi connectivity index (χ1v) is 7.90. The predicted octanol–water partition coefficient (Wildman–Crippen LogP) is -0.0577. The van der Waals surface area contributed by atoms with Gasteiger partial charge in [-0.1, -0.05) is 12.1 Å². The molecule has 0 heterocycles. The number of aliphatic hydroxyl groups excluding tert-OH is 2. The SMILES string of the molecule is CNC(C)c1cccc(S(=O)(=O)N(CCO)CCO)c1. The molecule has 1 aromatic rings. The highest BCUT2D eigenvalue weighted by atomic mass is 32.2. The minimum Gasteiger partial charge on any atom is -0.395 e. The fourth-order valence-corrected chi connectivity index (χ4v) is 3.31. The van der Waals surface area contributed by atoms with Crippen molar-refractivity contribution in [1.82, 2.24) is 9.62 Å². The second-order valence-electron chi connectivity index (χ2n) is 4.43. The fourth-order valence-electron chi connectivity index (χ4n) is 1.84. The first kappa shape index (κ1) is 17.1. The summed E-state index contributed by atoms with van der Waals surface area (Å²) in [7, 11) is -1.90. The molecule has 0 spiro atoms. The lowest BCUT2D eigenvalue weighted by atomic mass is 10.1. The smallest absolute Gasteiger partial charge is 0.243 e. The van der Waals surface area contributed by atoms with E-state index in [1.54, 1.807) is 19.2 Å². The Hall–Kier alpha value is -0.990. The molecule has 0 fully saturated rings. The third kappa shape index (κ3) is 4.00. The van der Waals surface area contributed by atoms with Gasteiger partial charge in [-0.25, -0.2) is 8.42 Å². The van der Waals surface area contributed by atoms with Crippen LogP contribution >= 0.6 is 0 Å². The van der Waals surface area contributed by atoms with Gasteiger partial charge in [-0.3, -0.25) is 0 Å². The molecule has 1 unspecified atom stereocenters. The average Bonchev–Trinajstić information content (AvgIpc) is 2.46. The quantitative estimate of drug-likeness (QED) is 0.626. The zero-order valence-corrected chi connectivity index (χ0v) is 12.6. The van der Waals surface area contributed by atoms with Crippen LogP contribution in [0.2, 0.25) is 0 Å². The molecular formula is C13H22N2O4S. The Morgan fingerprint density at radius 3 is 2.35 bits per heavy atom. The number of nitrogens with one attached hydrogen (secondary N) is 1. The first-order chi connectivity index (χ1) is 9.47. The number of nitrogens with zero attached hydrogens (tertiary/aromatic N) is 1. The van der Waals surface area contributed by atoms with Crippen LogP contribution in [0.3, 0.4) is 0 Å². The third-order valence-electron chi connectivity index (χ3n) is 3.13. The average molecular weight is 302 g/mol. The van der Waals surface area contributed by atoms with Crippen LogP contribution in [-0.2, 0) is 10.0 Å². The van der Waals surface area contributed by atoms with Gasteiger partial charge in [-0.05, 0) is 31.7 Å². The van der Waals surface area contributed by atoms with Crippen molar-refractivity contribution in [3.63, 3.8) is 0 Å². The van der Waals surface area contributed by atoms with E-state index in [-0.39, 0.29) is 37.2 Å². The molecule has 0 aliphatic carbocycles. The third-order valence-corrected chi connectivity index (χ3v) is 5.02. The minimum absolute atomic E-state index is 0.0330. The summed E-state index contributed by atoms with van der Waals surface area (Å²) in [6.07, 6.45) is 0. The molecule has 114 valence electrons. The van der Waals surface area contributed by atoms with Crippen molar-refractivity contribution in [1.29, 1.82) is 0 Å². The standard InChI is InChI=1S/C13H22N2O4S/c1-11(14-2)12-4-3-5-13(10-12)20(18,19)15(6-8-16)7-9-17/h3-5,10-11,14,16-17H,6-9H2,1-2H3. The van der Waals surface area contributed by atoms with Crippen molar-refractivity contribution in [2.24, 2.45) is 0 Å². The van der Waals surface area contributed by atoms with Gasteiger partial charge >= 0.3 is 0 Å².